The van der Waals surface area contributed by atoms with Gasteiger partial charge in [-0.2, -0.15) is 0 Å². The fourth-order valence-electron chi connectivity index (χ4n) is 4.45. The summed E-state index contributed by atoms with van der Waals surface area (Å²) in [6.07, 6.45) is 1.25. The average molecular weight is 482 g/mol. The summed E-state index contributed by atoms with van der Waals surface area (Å²) >= 11 is 0. The molecule has 8 heteroatoms. The normalized spacial score (nSPS) is 14.7. The van der Waals surface area contributed by atoms with E-state index in [0.29, 0.717) is 61.6 Å². The first-order valence-electron chi connectivity index (χ1n) is 12.1. The van der Waals surface area contributed by atoms with Crippen molar-refractivity contribution < 1.29 is 23.9 Å². The van der Waals surface area contributed by atoms with E-state index in [1.165, 1.54) is 0 Å². The van der Waals surface area contributed by atoms with E-state index in [9.17, 15) is 14.4 Å². The Morgan fingerprint density at radius 1 is 0.943 bits per heavy atom. The van der Waals surface area contributed by atoms with Crippen LogP contribution in [0.3, 0.4) is 0 Å². The summed E-state index contributed by atoms with van der Waals surface area (Å²) in [4.78, 5) is 43.0. The molecule has 0 unspecified atom stereocenters. The Morgan fingerprint density at radius 3 is 2.14 bits per heavy atom. The van der Waals surface area contributed by atoms with Crippen LogP contribution in [0.5, 0.6) is 11.5 Å². The number of likely N-dealkylation sites (tertiary alicyclic amines) is 1. The lowest BCUT2D eigenvalue weighted by atomic mass is 9.87. The second-order valence-electron chi connectivity index (χ2n) is 8.55. The maximum atomic E-state index is 13.4. The monoisotopic (exact) mass is 481 g/mol. The Kier molecular flexibility index (Phi) is 9.11. The highest BCUT2D eigenvalue weighted by atomic mass is 16.5. The van der Waals surface area contributed by atoms with Crippen molar-refractivity contribution in [1.82, 2.24) is 15.1 Å². The minimum absolute atomic E-state index is 0.0434. The molecule has 188 valence electrons. The summed E-state index contributed by atoms with van der Waals surface area (Å²) in [6.45, 7) is 6.03. The Bertz CT molecular complexity index is 1010. The second kappa shape index (κ2) is 12.2. The fraction of sp³-hybridized carbons (Fsp3) is 0.444. The molecule has 3 rings (SSSR count). The van der Waals surface area contributed by atoms with E-state index in [4.69, 9.17) is 9.47 Å². The van der Waals surface area contributed by atoms with Crippen molar-refractivity contribution in [1.29, 1.82) is 0 Å². The van der Waals surface area contributed by atoms with E-state index >= 15 is 0 Å². The van der Waals surface area contributed by atoms with Crippen molar-refractivity contribution in [2.45, 2.75) is 32.7 Å². The molecule has 0 aromatic heterocycles. The number of carbonyl (C=O) groups is 3. The summed E-state index contributed by atoms with van der Waals surface area (Å²) < 4.78 is 10.4. The molecule has 1 heterocycles. The topological polar surface area (TPSA) is 88.2 Å². The number of piperidine rings is 1. The highest BCUT2D eigenvalue weighted by Gasteiger charge is 2.35. The second-order valence-corrected chi connectivity index (χ2v) is 8.55. The molecule has 0 aliphatic carbocycles. The van der Waals surface area contributed by atoms with Gasteiger partial charge in [0.05, 0.1) is 14.2 Å². The highest BCUT2D eigenvalue weighted by Crippen LogP contribution is 2.25. The van der Waals surface area contributed by atoms with Crippen molar-refractivity contribution >= 4 is 17.7 Å². The van der Waals surface area contributed by atoms with Gasteiger partial charge in [-0.3, -0.25) is 14.4 Å². The molecule has 1 atom stereocenters. The third kappa shape index (κ3) is 6.32. The number of benzene rings is 2. The first-order chi connectivity index (χ1) is 16.9. The van der Waals surface area contributed by atoms with Crippen LogP contribution in [-0.4, -0.2) is 74.0 Å². The molecule has 35 heavy (non-hydrogen) atoms. The smallest absolute Gasteiger partial charge is 0.253 e. The quantitative estimate of drug-likeness (QED) is 0.594. The van der Waals surface area contributed by atoms with Crippen LogP contribution in [0.2, 0.25) is 0 Å². The van der Waals surface area contributed by atoms with Crippen LogP contribution in [0.15, 0.2) is 48.5 Å². The van der Waals surface area contributed by atoms with Crippen molar-refractivity contribution in [2.24, 2.45) is 5.92 Å². The molecular weight excluding hydrogens is 446 g/mol. The molecule has 0 saturated carbocycles. The lowest BCUT2D eigenvalue weighted by Gasteiger charge is -2.37. The molecule has 0 bridgehead atoms. The van der Waals surface area contributed by atoms with Gasteiger partial charge in [-0.1, -0.05) is 6.07 Å². The predicted molar refractivity (Wildman–Crippen MR) is 134 cm³/mol. The summed E-state index contributed by atoms with van der Waals surface area (Å²) in [5.41, 5.74) is 1.04. The van der Waals surface area contributed by atoms with Crippen molar-refractivity contribution in [2.75, 3.05) is 40.4 Å². The van der Waals surface area contributed by atoms with E-state index in [0.717, 1.165) is 0 Å². The molecule has 1 fully saturated rings. The number of carbonyl (C=O) groups excluding carboxylic acids is 3. The number of rotatable bonds is 9. The van der Waals surface area contributed by atoms with Gasteiger partial charge < -0.3 is 24.6 Å². The lowest BCUT2D eigenvalue weighted by molar-refractivity contribution is -0.134. The number of methoxy groups -OCH3 is 2. The zero-order valence-corrected chi connectivity index (χ0v) is 21.0. The zero-order chi connectivity index (χ0) is 25.4. The molecule has 0 radical (unpaired) electrons. The van der Waals surface area contributed by atoms with Gasteiger partial charge in [-0.25, -0.2) is 0 Å². The Hall–Kier alpha value is -3.55. The molecular formula is C27H35N3O5. The standard InChI is InChI=1S/C27H35N3O5/c1-5-29(6-2)27(33)24(28-25(31)21-8-7-9-23(18-21)35-4)19-14-16-30(17-15-19)26(32)20-10-12-22(34-3)13-11-20/h7-13,18-19,24H,5-6,14-17H2,1-4H3,(H,28,31)/t24-/m1/s1. The van der Waals surface area contributed by atoms with Crippen LogP contribution in [-0.2, 0) is 4.79 Å². The third-order valence-corrected chi connectivity index (χ3v) is 6.59. The highest BCUT2D eigenvalue weighted by molar-refractivity contribution is 5.98. The number of nitrogens with zero attached hydrogens (tertiary/aromatic N) is 2. The molecule has 2 aromatic rings. The van der Waals surface area contributed by atoms with Crippen LogP contribution in [0.25, 0.3) is 0 Å². The number of hydrogen-bond acceptors (Lipinski definition) is 5. The number of amides is 3. The fourth-order valence-corrected chi connectivity index (χ4v) is 4.45. The molecule has 1 aliphatic rings. The summed E-state index contributed by atoms with van der Waals surface area (Å²) in [7, 11) is 3.13. The first kappa shape index (κ1) is 26.1. The molecule has 1 aliphatic heterocycles. The number of ether oxygens (including phenoxy) is 2. The summed E-state index contributed by atoms with van der Waals surface area (Å²) in [6, 6.07) is 13.3. The Labute approximate surface area is 207 Å². The van der Waals surface area contributed by atoms with Gasteiger partial charge in [-0.15, -0.1) is 0 Å². The van der Waals surface area contributed by atoms with Crippen LogP contribution >= 0.6 is 0 Å². The van der Waals surface area contributed by atoms with E-state index in [1.807, 2.05) is 13.8 Å². The van der Waals surface area contributed by atoms with Crippen LogP contribution in [0, 0.1) is 5.92 Å². The van der Waals surface area contributed by atoms with Crippen molar-refractivity contribution in [3.63, 3.8) is 0 Å². The molecule has 1 saturated heterocycles. The van der Waals surface area contributed by atoms with Gasteiger partial charge >= 0.3 is 0 Å². The SMILES string of the molecule is CCN(CC)C(=O)[C@H](NC(=O)c1cccc(OC)c1)C1CCN(C(=O)c2ccc(OC)cc2)CC1. The van der Waals surface area contributed by atoms with Gasteiger partial charge in [0.25, 0.3) is 11.8 Å². The van der Waals surface area contributed by atoms with Crippen molar-refractivity contribution in [3.05, 3.63) is 59.7 Å². The molecule has 3 amide bonds. The molecule has 0 spiro atoms. The number of likely N-dealkylation sites (N-methyl/N-ethyl adjacent to an activating group) is 1. The van der Waals surface area contributed by atoms with Gasteiger partial charge in [0.1, 0.15) is 17.5 Å². The van der Waals surface area contributed by atoms with Gasteiger partial charge in [0.2, 0.25) is 5.91 Å². The van der Waals surface area contributed by atoms with Gasteiger partial charge in [-0.05, 0) is 75.1 Å². The Morgan fingerprint density at radius 2 is 1.57 bits per heavy atom. The van der Waals surface area contributed by atoms with Gasteiger partial charge in [0.15, 0.2) is 0 Å². The summed E-state index contributed by atoms with van der Waals surface area (Å²) in [5.74, 6) is 0.757. The first-order valence-corrected chi connectivity index (χ1v) is 12.1. The lowest BCUT2D eigenvalue weighted by Crippen LogP contribution is -2.54. The van der Waals surface area contributed by atoms with E-state index < -0.39 is 6.04 Å². The van der Waals surface area contributed by atoms with Gasteiger partial charge in [0, 0.05) is 37.3 Å². The minimum atomic E-state index is -0.660. The third-order valence-electron chi connectivity index (χ3n) is 6.59. The number of hydrogen-bond donors (Lipinski definition) is 1. The zero-order valence-electron chi connectivity index (χ0n) is 21.0. The largest absolute Gasteiger partial charge is 0.497 e. The maximum Gasteiger partial charge on any atom is 0.253 e. The van der Waals surface area contributed by atoms with Crippen molar-refractivity contribution in [3.8, 4) is 11.5 Å². The molecule has 8 nitrogen and oxygen atoms in total. The average Bonchev–Trinajstić information content (AvgIpc) is 2.92. The van der Waals surface area contributed by atoms with Crippen LogP contribution in [0.4, 0.5) is 0 Å². The van der Waals surface area contributed by atoms with E-state index in [2.05, 4.69) is 5.32 Å². The predicted octanol–water partition coefficient (Wildman–Crippen LogP) is 3.22. The molecule has 1 N–H and O–H groups in total. The number of nitrogens with one attached hydrogen (secondary N) is 1. The molecule has 2 aromatic carbocycles. The maximum absolute atomic E-state index is 13.4. The van der Waals surface area contributed by atoms with Crippen LogP contribution < -0.4 is 14.8 Å². The minimum Gasteiger partial charge on any atom is -0.497 e. The summed E-state index contributed by atoms with van der Waals surface area (Å²) in [5, 5.41) is 2.99. The van der Waals surface area contributed by atoms with E-state index in [1.54, 1.807) is 72.6 Å². The Balaban J connectivity index is 1.72. The van der Waals surface area contributed by atoms with Crippen LogP contribution in [0.1, 0.15) is 47.4 Å². The van der Waals surface area contributed by atoms with E-state index in [-0.39, 0.29) is 23.6 Å².